The summed E-state index contributed by atoms with van der Waals surface area (Å²) in [4.78, 5) is 9.75. The Hall–Kier alpha value is -0.120. The van der Waals surface area contributed by atoms with Gasteiger partial charge in [0.05, 0.1) is 6.10 Å². The van der Waals surface area contributed by atoms with Gasteiger partial charge < -0.3 is 25.2 Å². The number of rotatable bonds is 11. The maximum atomic E-state index is 5.82. The van der Waals surface area contributed by atoms with Gasteiger partial charge in [0.25, 0.3) is 0 Å². The largest absolute Gasteiger partial charge is 0.378 e. The van der Waals surface area contributed by atoms with Gasteiger partial charge in [0, 0.05) is 39.3 Å². The minimum Gasteiger partial charge on any atom is -0.378 e. The number of ether oxygens (including phenoxy) is 1. The van der Waals surface area contributed by atoms with E-state index in [0.717, 1.165) is 51.6 Å². The maximum absolute atomic E-state index is 5.82. The first-order chi connectivity index (χ1) is 12.6. The average molecular weight is 498 g/mol. The van der Waals surface area contributed by atoms with Gasteiger partial charge in [-0.15, -0.1) is 24.0 Å². The van der Waals surface area contributed by atoms with Crippen molar-refractivity contribution in [2.24, 2.45) is 10.9 Å². The van der Waals surface area contributed by atoms with Gasteiger partial charge in [-0.1, -0.05) is 13.8 Å². The molecule has 1 aliphatic rings. The normalized spacial score (nSPS) is 18.1. The van der Waals surface area contributed by atoms with E-state index in [1.165, 1.54) is 32.6 Å². The molecule has 1 rings (SSSR count). The zero-order valence-electron chi connectivity index (χ0n) is 18.3. The van der Waals surface area contributed by atoms with Crippen molar-refractivity contribution in [1.82, 2.24) is 20.4 Å². The molecule has 0 aromatic heterocycles. The highest BCUT2D eigenvalue weighted by Gasteiger charge is 2.13. The molecule has 0 aromatic carbocycles. The Bertz CT molecular complexity index is 381. The standard InChI is InChI=1S/C20H43N5O.HI/c1-6-21-20(23-12-10-19(18(3)4)26-7-2)22-11-8-14-25-15-9-13-24(5)16-17-25;/h18-19H,6-17H2,1-5H3,(H2,21,22,23);1H. The molecule has 1 fully saturated rings. The summed E-state index contributed by atoms with van der Waals surface area (Å²) in [5, 5.41) is 6.81. The van der Waals surface area contributed by atoms with E-state index in [9.17, 15) is 0 Å². The highest BCUT2D eigenvalue weighted by Crippen LogP contribution is 2.09. The van der Waals surface area contributed by atoms with Gasteiger partial charge in [0.2, 0.25) is 0 Å². The zero-order valence-corrected chi connectivity index (χ0v) is 20.6. The Labute approximate surface area is 184 Å². The molecule has 2 N–H and O–H groups in total. The van der Waals surface area contributed by atoms with Crippen molar-refractivity contribution in [1.29, 1.82) is 0 Å². The van der Waals surface area contributed by atoms with Crippen molar-refractivity contribution in [3.05, 3.63) is 0 Å². The van der Waals surface area contributed by atoms with Crippen LogP contribution in [0.5, 0.6) is 0 Å². The first-order valence-electron chi connectivity index (χ1n) is 10.6. The molecule has 27 heavy (non-hydrogen) atoms. The van der Waals surface area contributed by atoms with Crippen LogP contribution >= 0.6 is 24.0 Å². The van der Waals surface area contributed by atoms with E-state index in [2.05, 4.69) is 55.2 Å². The van der Waals surface area contributed by atoms with Gasteiger partial charge in [-0.05, 0) is 65.7 Å². The van der Waals surface area contributed by atoms with Crippen molar-refractivity contribution in [3.8, 4) is 0 Å². The van der Waals surface area contributed by atoms with Crippen molar-refractivity contribution >= 4 is 29.9 Å². The Balaban J connectivity index is 0.00000676. The first kappa shape index (κ1) is 26.9. The molecule has 0 amide bonds. The van der Waals surface area contributed by atoms with Gasteiger partial charge in [0.1, 0.15) is 0 Å². The van der Waals surface area contributed by atoms with Crippen molar-refractivity contribution < 1.29 is 4.74 Å². The Morgan fingerprint density at radius 2 is 1.89 bits per heavy atom. The molecular formula is C20H44IN5O. The van der Waals surface area contributed by atoms with Crippen LogP contribution in [0.25, 0.3) is 0 Å². The first-order valence-corrected chi connectivity index (χ1v) is 10.6. The van der Waals surface area contributed by atoms with Gasteiger partial charge in [-0.2, -0.15) is 0 Å². The number of hydrogen-bond acceptors (Lipinski definition) is 4. The van der Waals surface area contributed by atoms with Crippen LogP contribution in [0.3, 0.4) is 0 Å². The van der Waals surface area contributed by atoms with Crippen LogP contribution in [0, 0.1) is 5.92 Å². The number of aliphatic imine (C=N–C) groups is 1. The second kappa shape index (κ2) is 16.8. The topological polar surface area (TPSA) is 52.1 Å². The number of nitrogens with zero attached hydrogens (tertiary/aromatic N) is 3. The highest BCUT2D eigenvalue weighted by atomic mass is 127. The summed E-state index contributed by atoms with van der Waals surface area (Å²) in [6.07, 6.45) is 3.72. The SMILES string of the molecule is CCNC(=NCCCN1CCCN(C)CC1)NCCC(OCC)C(C)C.I. The number of halogens is 1. The van der Waals surface area contributed by atoms with Crippen molar-refractivity contribution in [2.75, 3.05) is 66.0 Å². The lowest BCUT2D eigenvalue weighted by Gasteiger charge is -2.21. The molecule has 1 unspecified atom stereocenters. The lowest BCUT2D eigenvalue weighted by molar-refractivity contribution is 0.0258. The highest BCUT2D eigenvalue weighted by molar-refractivity contribution is 14.0. The second-order valence-corrected chi connectivity index (χ2v) is 7.57. The number of hydrogen-bond donors (Lipinski definition) is 2. The molecule has 1 saturated heterocycles. The molecule has 0 spiro atoms. The van der Waals surface area contributed by atoms with E-state index in [4.69, 9.17) is 9.73 Å². The predicted molar refractivity (Wildman–Crippen MR) is 127 cm³/mol. The summed E-state index contributed by atoms with van der Waals surface area (Å²) >= 11 is 0. The molecule has 0 aliphatic carbocycles. The minimum absolute atomic E-state index is 0. The van der Waals surface area contributed by atoms with Crippen molar-refractivity contribution in [2.45, 2.75) is 53.1 Å². The molecule has 0 radical (unpaired) electrons. The number of nitrogens with one attached hydrogen (secondary N) is 2. The molecular weight excluding hydrogens is 453 g/mol. The van der Waals surface area contributed by atoms with Crippen LogP contribution in [-0.4, -0.2) is 87.9 Å². The summed E-state index contributed by atoms with van der Waals surface area (Å²) in [6.45, 7) is 18.0. The van der Waals surface area contributed by atoms with Crippen LogP contribution in [0.1, 0.15) is 47.0 Å². The number of guanidine groups is 1. The van der Waals surface area contributed by atoms with E-state index in [0.29, 0.717) is 12.0 Å². The Morgan fingerprint density at radius 3 is 2.56 bits per heavy atom. The molecule has 6 nitrogen and oxygen atoms in total. The lowest BCUT2D eigenvalue weighted by atomic mass is 10.0. The van der Waals surface area contributed by atoms with E-state index in [-0.39, 0.29) is 24.0 Å². The third-order valence-electron chi connectivity index (χ3n) is 4.90. The Morgan fingerprint density at radius 1 is 1.11 bits per heavy atom. The molecule has 1 aliphatic heterocycles. The van der Waals surface area contributed by atoms with Crippen LogP contribution in [0.15, 0.2) is 4.99 Å². The van der Waals surface area contributed by atoms with E-state index in [1.807, 2.05) is 0 Å². The summed E-state index contributed by atoms with van der Waals surface area (Å²) in [7, 11) is 2.22. The summed E-state index contributed by atoms with van der Waals surface area (Å²) in [5.74, 6) is 1.48. The Kier molecular flexibility index (Phi) is 16.7. The average Bonchev–Trinajstić information content (AvgIpc) is 2.82. The predicted octanol–water partition coefficient (Wildman–Crippen LogP) is 2.64. The molecule has 0 bridgehead atoms. The third kappa shape index (κ3) is 12.9. The van der Waals surface area contributed by atoms with Gasteiger partial charge in [-0.3, -0.25) is 4.99 Å². The quantitative estimate of drug-likeness (QED) is 0.199. The van der Waals surface area contributed by atoms with Crippen molar-refractivity contribution in [3.63, 3.8) is 0 Å². The zero-order chi connectivity index (χ0) is 19.2. The third-order valence-corrected chi connectivity index (χ3v) is 4.90. The molecule has 7 heteroatoms. The van der Waals surface area contributed by atoms with Gasteiger partial charge in [0.15, 0.2) is 5.96 Å². The minimum atomic E-state index is 0. The fourth-order valence-electron chi connectivity index (χ4n) is 3.31. The maximum Gasteiger partial charge on any atom is 0.191 e. The molecule has 1 heterocycles. The lowest BCUT2D eigenvalue weighted by Crippen LogP contribution is -2.39. The van der Waals surface area contributed by atoms with Crippen LogP contribution in [0.4, 0.5) is 0 Å². The van der Waals surface area contributed by atoms with Crippen LogP contribution < -0.4 is 10.6 Å². The molecule has 162 valence electrons. The number of likely N-dealkylation sites (N-methyl/N-ethyl adjacent to an activating group) is 1. The fraction of sp³-hybridized carbons (Fsp3) is 0.950. The smallest absolute Gasteiger partial charge is 0.191 e. The molecule has 0 aromatic rings. The van der Waals surface area contributed by atoms with E-state index < -0.39 is 0 Å². The molecule has 0 saturated carbocycles. The van der Waals surface area contributed by atoms with Crippen LogP contribution in [-0.2, 0) is 4.74 Å². The summed E-state index contributed by atoms with van der Waals surface area (Å²) in [6, 6.07) is 0. The monoisotopic (exact) mass is 497 g/mol. The van der Waals surface area contributed by atoms with Crippen LogP contribution in [0.2, 0.25) is 0 Å². The van der Waals surface area contributed by atoms with E-state index >= 15 is 0 Å². The van der Waals surface area contributed by atoms with E-state index in [1.54, 1.807) is 0 Å². The fourth-order valence-corrected chi connectivity index (χ4v) is 3.31. The summed E-state index contributed by atoms with van der Waals surface area (Å²) < 4.78 is 5.82. The summed E-state index contributed by atoms with van der Waals surface area (Å²) in [5.41, 5.74) is 0. The molecule has 1 atom stereocenters. The second-order valence-electron chi connectivity index (χ2n) is 7.57. The van der Waals surface area contributed by atoms with Gasteiger partial charge >= 0.3 is 0 Å². The van der Waals surface area contributed by atoms with Gasteiger partial charge in [-0.25, -0.2) is 0 Å².